The van der Waals surface area contributed by atoms with Crippen LogP contribution in [-0.2, 0) is 0 Å². The lowest BCUT2D eigenvalue weighted by atomic mass is 10.1. The second-order valence-corrected chi connectivity index (χ2v) is 7.22. The molecule has 0 bridgehead atoms. The molecular weight excluding hydrogens is 330 g/mol. The van der Waals surface area contributed by atoms with Gasteiger partial charge in [-0.3, -0.25) is 0 Å². The van der Waals surface area contributed by atoms with E-state index in [1.807, 2.05) is 25.1 Å². The maximum Gasteiger partial charge on any atom is 0.231 e. The summed E-state index contributed by atoms with van der Waals surface area (Å²) in [6, 6.07) is 18.7. The summed E-state index contributed by atoms with van der Waals surface area (Å²) in [4.78, 5) is 4.65. The molecule has 122 valence electrons. The van der Waals surface area contributed by atoms with Gasteiger partial charge < -0.3 is 9.15 Å². The quantitative estimate of drug-likeness (QED) is 0.383. The number of rotatable bonds is 2. The fourth-order valence-electron chi connectivity index (χ4n) is 3.23. The van der Waals surface area contributed by atoms with Crippen LogP contribution in [0, 0.1) is 6.92 Å². The van der Waals surface area contributed by atoms with E-state index in [0.717, 1.165) is 28.0 Å². The van der Waals surface area contributed by atoms with Gasteiger partial charge in [0.15, 0.2) is 5.58 Å². The van der Waals surface area contributed by atoms with Crippen molar-refractivity contribution < 1.29 is 9.15 Å². The van der Waals surface area contributed by atoms with E-state index in [1.165, 1.54) is 20.2 Å². The molecule has 0 fully saturated rings. The number of thiophene rings is 1. The smallest absolute Gasteiger partial charge is 0.231 e. The number of benzene rings is 3. The summed E-state index contributed by atoms with van der Waals surface area (Å²) >= 11 is 1.77. The Bertz CT molecular complexity index is 1250. The molecule has 0 spiro atoms. The van der Waals surface area contributed by atoms with Gasteiger partial charge in [-0.2, -0.15) is 0 Å². The summed E-state index contributed by atoms with van der Waals surface area (Å²) in [7, 11) is 1.69. The predicted octanol–water partition coefficient (Wildman–Crippen LogP) is 6.18. The summed E-state index contributed by atoms with van der Waals surface area (Å²) < 4.78 is 14.1. The minimum absolute atomic E-state index is 0.594. The van der Waals surface area contributed by atoms with Crippen LogP contribution in [0.5, 0.6) is 5.75 Å². The molecule has 5 rings (SSSR count). The van der Waals surface area contributed by atoms with Crippen molar-refractivity contribution in [3.8, 4) is 17.2 Å². The van der Waals surface area contributed by atoms with E-state index in [4.69, 9.17) is 9.15 Å². The monoisotopic (exact) mass is 345 g/mol. The normalized spacial score (nSPS) is 11.6. The number of aromatic nitrogens is 1. The molecule has 3 nitrogen and oxygen atoms in total. The van der Waals surface area contributed by atoms with E-state index < -0.39 is 0 Å². The van der Waals surface area contributed by atoms with Crippen molar-refractivity contribution in [2.45, 2.75) is 6.92 Å². The zero-order valence-electron chi connectivity index (χ0n) is 13.9. The standard InChI is InChI=1S/C21H15NO2S/c1-12-7-8-16-18(9-12)24-21(22-16)15-11-20-14(10-17(15)23-2)13-5-3-4-6-19(13)25-20/h3-11H,1-2H3. The zero-order valence-corrected chi connectivity index (χ0v) is 14.7. The highest BCUT2D eigenvalue weighted by Gasteiger charge is 2.16. The minimum atomic E-state index is 0.594. The third-order valence-corrected chi connectivity index (χ3v) is 5.61. The first-order chi connectivity index (χ1) is 12.2. The Hall–Kier alpha value is -2.85. The SMILES string of the molecule is COc1cc2c(cc1-c1nc3ccc(C)cc3o1)sc1ccccc12. The van der Waals surface area contributed by atoms with Crippen LogP contribution in [0.2, 0.25) is 0 Å². The maximum absolute atomic E-state index is 6.01. The minimum Gasteiger partial charge on any atom is -0.496 e. The van der Waals surface area contributed by atoms with Gasteiger partial charge in [-0.25, -0.2) is 4.98 Å². The maximum atomic E-state index is 6.01. The van der Waals surface area contributed by atoms with Crippen LogP contribution in [-0.4, -0.2) is 12.1 Å². The van der Waals surface area contributed by atoms with Crippen molar-refractivity contribution in [1.29, 1.82) is 0 Å². The number of aryl methyl sites for hydroxylation is 1. The molecule has 0 atom stereocenters. The van der Waals surface area contributed by atoms with E-state index in [-0.39, 0.29) is 0 Å². The molecule has 0 saturated heterocycles. The zero-order chi connectivity index (χ0) is 17.0. The van der Waals surface area contributed by atoms with Crippen LogP contribution in [0.3, 0.4) is 0 Å². The van der Waals surface area contributed by atoms with Crippen molar-refractivity contribution >= 4 is 42.6 Å². The lowest BCUT2D eigenvalue weighted by Crippen LogP contribution is -1.87. The molecular formula is C21H15NO2S. The lowest BCUT2D eigenvalue weighted by molar-refractivity contribution is 0.415. The Balaban J connectivity index is 1.79. The fraction of sp³-hybridized carbons (Fsp3) is 0.0952. The van der Waals surface area contributed by atoms with Gasteiger partial charge in [0.1, 0.15) is 11.3 Å². The summed E-state index contributed by atoms with van der Waals surface area (Å²) in [6.45, 7) is 2.05. The average molecular weight is 345 g/mol. The van der Waals surface area contributed by atoms with Crippen molar-refractivity contribution in [2.24, 2.45) is 0 Å². The van der Waals surface area contributed by atoms with Gasteiger partial charge >= 0.3 is 0 Å². The lowest BCUT2D eigenvalue weighted by Gasteiger charge is -2.06. The number of hydrogen-bond acceptors (Lipinski definition) is 4. The van der Waals surface area contributed by atoms with Crippen LogP contribution in [0.1, 0.15) is 5.56 Å². The average Bonchev–Trinajstić information content (AvgIpc) is 3.20. The Labute approximate surface area is 148 Å². The molecule has 0 aliphatic heterocycles. The van der Waals surface area contributed by atoms with Gasteiger partial charge in [0.2, 0.25) is 5.89 Å². The molecule has 0 aliphatic rings. The Morgan fingerprint density at radius 3 is 2.72 bits per heavy atom. The third-order valence-electron chi connectivity index (χ3n) is 4.47. The van der Waals surface area contributed by atoms with Crippen LogP contribution >= 0.6 is 11.3 Å². The molecule has 0 radical (unpaired) electrons. The van der Waals surface area contributed by atoms with Gasteiger partial charge in [0.25, 0.3) is 0 Å². The van der Waals surface area contributed by atoms with Crippen LogP contribution in [0.25, 0.3) is 42.7 Å². The van der Waals surface area contributed by atoms with Gasteiger partial charge in [0, 0.05) is 20.2 Å². The highest BCUT2D eigenvalue weighted by molar-refractivity contribution is 7.25. The molecule has 0 N–H and O–H groups in total. The van der Waals surface area contributed by atoms with E-state index in [1.54, 1.807) is 18.4 Å². The Morgan fingerprint density at radius 1 is 0.960 bits per heavy atom. The van der Waals surface area contributed by atoms with Crippen molar-refractivity contribution in [1.82, 2.24) is 4.98 Å². The van der Waals surface area contributed by atoms with Gasteiger partial charge in [0.05, 0.1) is 12.7 Å². The highest BCUT2D eigenvalue weighted by atomic mass is 32.1. The van der Waals surface area contributed by atoms with E-state index in [9.17, 15) is 0 Å². The molecule has 4 heteroatoms. The molecule has 0 unspecified atom stereocenters. The fourth-order valence-corrected chi connectivity index (χ4v) is 4.36. The molecule has 0 aliphatic carbocycles. The topological polar surface area (TPSA) is 35.3 Å². The molecule has 0 saturated carbocycles. The van der Waals surface area contributed by atoms with Gasteiger partial charge in [-0.15, -0.1) is 11.3 Å². The largest absolute Gasteiger partial charge is 0.496 e. The Morgan fingerprint density at radius 2 is 1.84 bits per heavy atom. The highest BCUT2D eigenvalue weighted by Crippen LogP contribution is 2.41. The van der Waals surface area contributed by atoms with Gasteiger partial charge in [-0.1, -0.05) is 24.3 Å². The van der Waals surface area contributed by atoms with E-state index in [0.29, 0.717) is 5.89 Å². The summed E-state index contributed by atoms with van der Waals surface area (Å²) in [5.41, 5.74) is 3.70. The Kier molecular flexibility index (Phi) is 3.09. The van der Waals surface area contributed by atoms with Crippen LogP contribution in [0.4, 0.5) is 0 Å². The number of fused-ring (bicyclic) bond motifs is 4. The summed E-state index contributed by atoms with van der Waals surface area (Å²) in [6.07, 6.45) is 0. The summed E-state index contributed by atoms with van der Waals surface area (Å²) in [5.74, 6) is 1.37. The first kappa shape index (κ1) is 14.5. The molecule has 2 aromatic heterocycles. The molecule has 25 heavy (non-hydrogen) atoms. The number of ether oxygens (including phenoxy) is 1. The third kappa shape index (κ3) is 2.22. The van der Waals surface area contributed by atoms with E-state index in [2.05, 4.69) is 41.4 Å². The predicted molar refractivity (Wildman–Crippen MR) is 104 cm³/mol. The second kappa shape index (κ2) is 5.33. The molecule has 0 amide bonds. The molecule has 5 aromatic rings. The van der Waals surface area contributed by atoms with E-state index >= 15 is 0 Å². The van der Waals surface area contributed by atoms with Crippen molar-refractivity contribution in [3.63, 3.8) is 0 Å². The first-order valence-electron chi connectivity index (χ1n) is 8.10. The number of nitrogens with zero attached hydrogens (tertiary/aromatic N) is 1. The van der Waals surface area contributed by atoms with Crippen molar-refractivity contribution in [2.75, 3.05) is 7.11 Å². The number of oxazole rings is 1. The van der Waals surface area contributed by atoms with Crippen LogP contribution in [0.15, 0.2) is 59.0 Å². The molecule has 2 heterocycles. The van der Waals surface area contributed by atoms with Crippen molar-refractivity contribution in [3.05, 3.63) is 60.2 Å². The van der Waals surface area contributed by atoms with Gasteiger partial charge in [-0.05, 0) is 42.8 Å². The molecule has 3 aromatic carbocycles. The van der Waals surface area contributed by atoms with Crippen LogP contribution < -0.4 is 4.74 Å². The first-order valence-corrected chi connectivity index (χ1v) is 8.91. The number of methoxy groups -OCH3 is 1. The summed E-state index contributed by atoms with van der Waals surface area (Å²) in [5, 5.41) is 2.45. The number of hydrogen-bond donors (Lipinski definition) is 0. The second-order valence-electron chi connectivity index (χ2n) is 6.14.